The second-order valence-electron chi connectivity index (χ2n) is 16.1. The van der Waals surface area contributed by atoms with Gasteiger partial charge in [0, 0.05) is 13.0 Å². The minimum atomic E-state index is -0.372. The highest BCUT2D eigenvalue weighted by Crippen LogP contribution is 2.42. The van der Waals surface area contributed by atoms with Gasteiger partial charge in [-0.2, -0.15) is 0 Å². The lowest BCUT2D eigenvalue weighted by Gasteiger charge is -2.47. The molecule has 0 aromatic carbocycles. The van der Waals surface area contributed by atoms with Crippen LogP contribution < -0.4 is 0 Å². The molecule has 6 nitrogen and oxygen atoms in total. The van der Waals surface area contributed by atoms with Gasteiger partial charge in [-0.15, -0.1) is 0 Å². The van der Waals surface area contributed by atoms with Crippen molar-refractivity contribution in [3.8, 4) is 0 Å². The van der Waals surface area contributed by atoms with Crippen molar-refractivity contribution in [3.05, 3.63) is 0 Å². The summed E-state index contributed by atoms with van der Waals surface area (Å²) in [6.45, 7) is 36.6. The summed E-state index contributed by atoms with van der Waals surface area (Å²) in [5.41, 5.74) is -1.03. The first-order chi connectivity index (χ1) is 17.8. The number of hydrogen-bond donors (Lipinski definition) is 0. The molecule has 0 heterocycles. The molecule has 0 aromatic heterocycles. The predicted octanol–water partition coefficient (Wildman–Crippen LogP) is 8.78. The van der Waals surface area contributed by atoms with E-state index in [1.54, 1.807) is 0 Å². The van der Waals surface area contributed by atoms with Gasteiger partial charge in [0.25, 0.3) is 0 Å². The molecule has 0 aromatic rings. The van der Waals surface area contributed by atoms with E-state index in [-0.39, 0.29) is 57.8 Å². The van der Waals surface area contributed by atoms with E-state index in [2.05, 4.69) is 111 Å². The van der Waals surface area contributed by atoms with E-state index >= 15 is 0 Å². The molecule has 0 aliphatic carbocycles. The van der Waals surface area contributed by atoms with E-state index in [1.807, 2.05) is 0 Å². The highest BCUT2D eigenvalue weighted by Gasteiger charge is 2.43. The number of carbonyl (C=O) groups is 1. The van der Waals surface area contributed by atoms with Gasteiger partial charge in [-0.25, -0.2) is 0 Å². The number of esters is 1. The first-order valence-electron chi connectivity index (χ1n) is 15.6. The second-order valence-corrected chi connectivity index (χ2v) is 16.1. The Morgan fingerprint density at radius 1 is 0.625 bits per heavy atom. The Balaban J connectivity index is 4.72. The zero-order valence-electron chi connectivity index (χ0n) is 29.5. The van der Waals surface area contributed by atoms with E-state index < -0.39 is 0 Å². The molecule has 0 fully saturated rings. The molecule has 0 N–H and O–H groups in total. The molecule has 0 rings (SSSR count). The van der Waals surface area contributed by atoms with Crippen molar-refractivity contribution >= 4 is 5.97 Å². The molecule has 1 unspecified atom stereocenters. The third-order valence-electron chi connectivity index (χ3n) is 8.82. The number of rotatable bonds is 20. The van der Waals surface area contributed by atoms with Crippen molar-refractivity contribution in [2.75, 3.05) is 26.4 Å². The zero-order valence-corrected chi connectivity index (χ0v) is 29.5. The lowest BCUT2D eigenvalue weighted by molar-refractivity contribution is -0.169. The van der Waals surface area contributed by atoms with Crippen molar-refractivity contribution < 1.29 is 28.5 Å². The highest BCUT2D eigenvalue weighted by molar-refractivity contribution is 5.69. The fraction of sp³-hybridized carbons (Fsp3) is 0.971. The molecule has 0 bridgehead atoms. The molecule has 0 aliphatic heterocycles. The lowest BCUT2D eigenvalue weighted by atomic mass is 9.72. The standard InChI is InChI=1S/C34H68O6/c1-26(2)36-21-19-30(7,8)34(15,16)40-27(3)25-31(9,10)33(13,14)39-22-20-32(11,12)38-24-23-37-28(35)17-18-29(4,5)6/h26-27H,17-25H2,1-16H3. The molecule has 0 saturated heterocycles. The smallest absolute Gasteiger partial charge is 0.305 e. The summed E-state index contributed by atoms with van der Waals surface area (Å²) in [7, 11) is 0. The molecule has 0 spiro atoms. The first-order valence-corrected chi connectivity index (χ1v) is 15.6. The maximum Gasteiger partial charge on any atom is 0.305 e. The van der Waals surface area contributed by atoms with Crippen LogP contribution in [0.15, 0.2) is 0 Å². The summed E-state index contributed by atoms with van der Waals surface area (Å²) in [5.74, 6) is -0.158. The van der Waals surface area contributed by atoms with Crippen molar-refractivity contribution in [2.24, 2.45) is 16.2 Å². The van der Waals surface area contributed by atoms with Crippen LogP contribution in [-0.4, -0.2) is 61.4 Å². The quantitative estimate of drug-likeness (QED) is 0.107. The largest absolute Gasteiger partial charge is 0.463 e. The molecular weight excluding hydrogens is 504 g/mol. The maximum absolute atomic E-state index is 11.9. The van der Waals surface area contributed by atoms with Gasteiger partial charge in [-0.05, 0) is 104 Å². The summed E-state index contributed by atoms with van der Waals surface area (Å²) in [5, 5.41) is 0. The molecule has 0 saturated carbocycles. The Hall–Kier alpha value is -0.690. The van der Waals surface area contributed by atoms with Crippen LogP contribution in [0, 0.1) is 16.2 Å². The first kappa shape index (κ1) is 39.3. The average Bonchev–Trinajstić information content (AvgIpc) is 2.73. The van der Waals surface area contributed by atoms with E-state index in [1.165, 1.54) is 0 Å². The summed E-state index contributed by atoms with van der Waals surface area (Å²) >= 11 is 0. The van der Waals surface area contributed by atoms with Crippen molar-refractivity contribution in [1.29, 1.82) is 0 Å². The van der Waals surface area contributed by atoms with Gasteiger partial charge in [0.05, 0.1) is 42.2 Å². The molecule has 40 heavy (non-hydrogen) atoms. The predicted molar refractivity (Wildman–Crippen MR) is 167 cm³/mol. The molecule has 240 valence electrons. The van der Waals surface area contributed by atoms with Crippen LogP contribution in [0.5, 0.6) is 0 Å². The van der Waals surface area contributed by atoms with Gasteiger partial charge in [-0.3, -0.25) is 4.79 Å². The van der Waals surface area contributed by atoms with E-state index in [0.29, 0.717) is 19.6 Å². The van der Waals surface area contributed by atoms with Crippen LogP contribution in [0.3, 0.4) is 0 Å². The van der Waals surface area contributed by atoms with Gasteiger partial charge in [-0.1, -0.05) is 48.5 Å². The fourth-order valence-corrected chi connectivity index (χ4v) is 4.36. The second kappa shape index (κ2) is 15.7. The molecule has 1 atom stereocenters. The third-order valence-corrected chi connectivity index (χ3v) is 8.82. The highest BCUT2D eigenvalue weighted by atomic mass is 16.6. The molecule has 0 aliphatic rings. The van der Waals surface area contributed by atoms with Gasteiger partial charge >= 0.3 is 5.97 Å². The van der Waals surface area contributed by atoms with Crippen molar-refractivity contribution in [1.82, 2.24) is 0 Å². The van der Waals surface area contributed by atoms with Crippen LogP contribution in [0.4, 0.5) is 0 Å². The van der Waals surface area contributed by atoms with Crippen LogP contribution in [-0.2, 0) is 28.5 Å². The van der Waals surface area contributed by atoms with Gasteiger partial charge < -0.3 is 23.7 Å². The van der Waals surface area contributed by atoms with Gasteiger partial charge in [0.2, 0.25) is 0 Å². The molecule has 6 heteroatoms. The fourth-order valence-electron chi connectivity index (χ4n) is 4.36. The van der Waals surface area contributed by atoms with Crippen molar-refractivity contribution in [3.63, 3.8) is 0 Å². The zero-order chi connectivity index (χ0) is 31.6. The monoisotopic (exact) mass is 573 g/mol. The molecular formula is C34H68O6. The Labute approximate surface area is 249 Å². The number of hydrogen-bond acceptors (Lipinski definition) is 6. The Morgan fingerprint density at radius 2 is 1.20 bits per heavy atom. The SMILES string of the molecule is CC(C)OCCC(C)(C)C(C)(C)OC(C)CC(C)(C)C(C)(C)OCCC(C)(C)OCCOC(=O)CCC(C)(C)C. The molecule has 0 radical (unpaired) electrons. The van der Waals surface area contributed by atoms with E-state index in [4.69, 9.17) is 23.7 Å². The topological polar surface area (TPSA) is 63.2 Å². The van der Waals surface area contributed by atoms with Crippen molar-refractivity contribution in [2.45, 2.75) is 172 Å². The van der Waals surface area contributed by atoms with E-state index in [0.717, 1.165) is 32.3 Å². The number of carbonyl (C=O) groups excluding carboxylic acids is 1. The summed E-state index contributed by atoms with van der Waals surface area (Å²) < 4.78 is 30.4. The normalized spacial score (nSPS) is 15.0. The van der Waals surface area contributed by atoms with E-state index in [9.17, 15) is 4.79 Å². The van der Waals surface area contributed by atoms with Crippen LogP contribution in [0.1, 0.15) is 143 Å². The van der Waals surface area contributed by atoms with Crippen LogP contribution in [0.25, 0.3) is 0 Å². The molecule has 0 amide bonds. The third kappa shape index (κ3) is 15.5. The Kier molecular flexibility index (Phi) is 15.4. The average molecular weight is 573 g/mol. The van der Waals surface area contributed by atoms with Crippen LogP contribution in [0.2, 0.25) is 0 Å². The summed E-state index contributed by atoms with van der Waals surface area (Å²) in [4.78, 5) is 11.9. The lowest BCUT2D eigenvalue weighted by Crippen LogP contribution is -2.48. The van der Waals surface area contributed by atoms with Gasteiger partial charge in [0.1, 0.15) is 6.61 Å². The maximum atomic E-state index is 11.9. The Morgan fingerprint density at radius 3 is 1.73 bits per heavy atom. The summed E-state index contributed by atoms with van der Waals surface area (Å²) in [6, 6.07) is 0. The van der Waals surface area contributed by atoms with Gasteiger partial charge in [0.15, 0.2) is 0 Å². The minimum absolute atomic E-state index is 0.0252. The van der Waals surface area contributed by atoms with Crippen LogP contribution >= 0.6 is 0 Å². The minimum Gasteiger partial charge on any atom is -0.463 e. The number of ether oxygens (including phenoxy) is 5. The Bertz CT molecular complexity index is 727. The summed E-state index contributed by atoms with van der Waals surface area (Å²) in [6.07, 6.45) is 4.14.